The molecule has 18 heavy (non-hydrogen) atoms. The van der Waals surface area contributed by atoms with Gasteiger partial charge in [0.25, 0.3) is 0 Å². The Morgan fingerprint density at radius 1 is 1.39 bits per heavy atom. The third-order valence-electron chi connectivity index (χ3n) is 3.26. The molecule has 0 spiro atoms. The van der Waals surface area contributed by atoms with Crippen molar-refractivity contribution in [2.45, 2.75) is 31.2 Å². The first-order valence-electron chi connectivity index (χ1n) is 6.05. The number of nitrogens with zero attached hydrogens (tertiary/aromatic N) is 1. The number of hydrogen-bond donors (Lipinski definition) is 3. The molecule has 5 nitrogen and oxygen atoms in total. The zero-order chi connectivity index (χ0) is 13.0. The number of amides is 1. The van der Waals surface area contributed by atoms with Crippen LogP contribution in [0.3, 0.4) is 0 Å². The van der Waals surface area contributed by atoms with Gasteiger partial charge in [-0.1, -0.05) is 35.5 Å². The lowest BCUT2D eigenvalue weighted by molar-refractivity contribution is -0.122. The van der Waals surface area contributed by atoms with Gasteiger partial charge in [-0.05, 0) is 24.8 Å². The van der Waals surface area contributed by atoms with Gasteiger partial charge in [0.2, 0.25) is 5.91 Å². The molecule has 1 unspecified atom stereocenters. The second-order valence-electron chi connectivity index (χ2n) is 4.50. The van der Waals surface area contributed by atoms with E-state index in [0.717, 1.165) is 24.8 Å². The molecule has 0 bridgehead atoms. The maximum absolute atomic E-state index is 12.2. The molecular weight excluding hydrogens is 230 g/mol. The highest BCUT2D eigenvalue weighted by Crippen LogP contribution is 2.21. The molecule has 1 aromatic rings. The van der Waals surface area contributed by atoms with E-state index in [1.807, 2.05) is 18.2 Å². The number of carbonyl (C=O) groups excluding carboxylic acids is 1. The van der Waals surface area contributed by atoms with E-state index in [4.69, 9.17) is 10.9 Å². The molecule has 1 atom stereocenters. The Kier molecular flexibility index (Phi) is 3.82. The molecule has 2 rings (SSSR count). The Morgan fingerprint density at radius 3 is 2.56 bits per heavy atom. The maximum Gasteiger partial charge on any atom is 0.235 e. The summed E-state index contributed by atoms with van der Waals surface area (Å²) in [5.41, 5.74) is 6.35. The minimum Gasteiger partial charge on any atom is -0.409 e. The number of hydrogen-bond acceptors (Lipinski definition) is 3. The first-order chi connectivity index (χ1) is 8.72. The van der Waals surface area contributed by atoms with Crippen molar-refractivity contribution < 1.29 is 10.0 Å². The molecule has 96 valence electrons. The molecule has 1 fully saturated rings. The number of amidine groups is 1. The Hall–Kier alpha value is -2.04. The van der Waals surface area contributed by atoms with E-state index in [0.29, 0.717) is 0 Å². The molecule has 1 aliphatic carbocycles. The van der Waals surface area contributed by atoms with Crippen LogP contribution in [0.5, 0.6) is 0 Å². The summed E-state index contributed by atoms with van der Waals surface area (Å²) in [7, 11) is 0. The SMILES string of the molecule is NC(=NO)C(C(=O)NC1CCC1)c1ccccc1. The Bertz CT molecular complexity index is 441. The average Bonchev–Trinajstić information content (AvgIpc) is 2.35. The van der Waals surface area contributed by atoms with Crippen molar-refractivity contribution in [1.29, 1.82) is 0 Å². The lowest BCUT2D eigenvalue weighted by Gasteiger charge is -2.28. The van der Waals surface area contributed by atoms with E-state index < -0.39 is 5.92 Å². The van der Waals surface area contributed by atoms with Crippen LogP contribution in [-0.4, -0.2) is 23.0 Å². The third-order valence-corrected chi connectivity index (χ3v) is 3.26. The van der Waals surface area contributed by atoms with Gasteiger partial charge in [0.1, 0.15) is 5.92 Å². The zero-order valence-electron chi connectivity index (χ0n) is 10.0. The molecule has 4 N–H and O–H groups in total. The highest BCUT2D eigenvalue weighted by atomic mass is 16.4. The van der Waals surface area contributed by atoms with Crippen molar-refractivity contribution in [3.05, 3.63) is 35.9 Å². The van der Waals surface area contributed by atoms with E-state index in [1.54, 1.807) is 12.1 Å². The van der Waals surface area contributed by atoms with E-state index >= 15 is 0 Å². The lowest BCUT2D eigenvalue weighted by Crippen LogP contribution is -2.45. The van der Waals surface area contributed by atoms with Gasteiger partial charge in [0, 0.05) is 6.04 Å². The van der Waals surface area contributed by atoms with Gasteiger partial charge >= 0.3 is 0 Å². The summed E-state index contributed by atoms with van der Waals surface area (Å²) in [6.07, 6.45) is 3.15. The van der Waals surface area contributed by atoms with Gasteiger partial charge in [-0.15, -0.1) is 0 Å². The molecule has 0 heterocycles. The minimum atomic E-state index is -0.725. The van der Waals surface area contributed by atoms with Crippen LogP contribution in [0.1, 0.15) is 30.7 Å². The summed E-state index contributed by atoms with van der Waals surface area (Å²) in [4.78, 5) is 12.2. The number of benzene rings is 1. The molecule has 0 radical (unpaired) electrons. The van der Waals surface area contributed by atoms with Gasteiger partial charge < -0.3 is 16.3 Å². The predicted molar refractivity (Wildman–Crippen MR) is 68.4 cm³/mol. The van der Waals surface area contributed by atoms with Crippen molar-refractivity contribution in [2.75, 3.05) is 0 Å². The second kappa shape index (κ2) is 5.53. The first-order valence-corrected chi connectivity index (χ1v) is 6.05. The van der Waals surface area contributed by atoms with Crippen LogP contribution >= 0.6 is 0 Å². The van der Waals surface area contributed by atoms with Crippen LogP contribution in [0.4, 0.5) is 0 Å². The molecule has 0 aliphatic heterocycles. The standard InChI is InChI=1S/C13H17N3O2/c14-12(16-18)11(9-5-2-1-3-6-9)13(17)15-10-7-4-8-10/h1-3,5-6,10-11,18H,4,7-8H2,(H2,14,16)(H,15,17). The highest BCUT2D eigenvalue weighted by Gasteiger charge is 2.28. The summed E-state index contributed by atoms with van der Waals surface area (Å²) < 4.78 is 0. The van der Waals surface area contributed by atoms with Gasteiger partial charge in [0.05, 0.1) is 0 Å². The van der Waals surface area contributed by atoms with Crippen LogP contribution < -0.4 is 11.1 Å². The van der Waals surface area contributed by atoms with Gasteiger partial charge in [-0.3, -0.25) is 4.79 Å². The molecule has 1 aliphatic rings. The van der Waals surface area contributed by atoms with Crippen molar-refractivity contribution in [3.8, 4) is 0 Å². The summed E-state index contributed by atoms with van der Waals surface area (Å²) in [5.74, 6) is -1.02. The van der Waals surface area contributed by atoms with Crippen molar-refractivity contribution in [1.82, 2.24) is 5.32 Å². The summed E-state index contributed by atoms with van der Waals surface area (Å²) >= 11 is 0. The van der Waals surface area contributed by atoms with Crippen molar-refractivity contribution >= 4 is 11.7 Å². The van der Waals surface area contributed by atoms with E-state index in [9.17, 15) is 4.79 Å². The Balaban J connectivity index is 2.17. The molecule has 1 saturated carbocycles. The largest absolute Gasteiger partial charge is 0.409 e. The van der Waals surface area contributed by atoms with Crippen LogP contribution in [-0.2, 0) is 4.79 Å². The molecule has 5 heteroatoms. The topological polar surface area (TPSA) is 87.7 Å². The monoisotopic (exact) mass is 247 g/mol. The second-order valence-corrected chi connectivity index (χ2v) is 4.50. The van der Waals surface area contributed by atoms with Gasteiger partial charge in [0.15, 0.2) is 5.84 Å². The van der Waals surface area contributed by atoms with E-state index in [2.05, 4.69) is 10.5 Å². The average molecular weight is 247 g/mol. The minimum absolute atomic E-state index is 0.0852. The fourth-order valence-corrected chi connectivity index (χ4v) is 2.00. The molecule has 0 aromatic heterocycles. The Morgan fingerprint density at radius 2 is 2.06 bits per heavy atom. The lowest BCUT2D eigenvalue weighted by atomic mass is 9.91. The van der Waals surface area contributed by atoms with E-state index in [-0.39, 0.29) is 17.8 Å². The number of rotatable bonds is 4. The normalized spacial score (nSPS) is 17.9. The molecular formula is C13H17N3O2. The number of oxime groups is 1. The highest BCUT2D eigenvalue weighted by molar-refractivity contribution is 6.07. The quantitative estimate of drug-likeness (QED) is 0.323. The van der Waals surface area contributed by atoms with Crippen molar-refractivity contribution in [2.24, 2.45) is 10.9 Å². The third kappa shape index (κ3) is 2.61. The fourth-order valence-electron chi connectivity index (χ4n) is 2.00. The van der Waals surface area contributed by atoms with Crippen LogP contribution in [0.25, 0.3) is 0 Å². The van der Waals surface area contributed by atoms with Crippen LogP contribution in [0.15, 0.2) is 35.5 Å². The molecule has 1 amide bonds. The first kappa shape index (κ1) is 12.4. The maximum atomic E-state index is 12.2. The molecule has 0 saturated heterocycles. The summed E-state index contributed by atoms with van der Waals surface area (Å²) in [6.45, 7) is 0. The fraction of sp³-hybridized carbons (Fsp3) is 0.385. The zero-order valence-corrected chi connectivity index (χ0v) is 10.0. The summed E-state index contributed by atoms with van der Waals surface area (Å²) in [5, 5.41) is 14.7. The van der Waals surface area contributed by atoms with Gasteiger partial charge in [-0.25, -0.2) is 0 Å². The Labute approximate surface area is 106 Å². The van der Waals surface area contributed by atoms with Crippen molar-refractivity contribution in [3.63, 3.8) is 0 Å². The summed E-state index contributed by atoms with van der Waals surface area (Å²) in [6, 6.07) is 9.32. The van der Waals surface area contributed by atoms with Crippen LogP contribution in [0.2, 0.25) is 0 Å². The number of nitrogens with one attached hydrogen (secondary N) is 1. The van der Waals surface area contributed by atoms with E-state index in [1.165, 1.54) is 0 Å². The number of carbonyl (C=O) groups is 1. The number of nitrogens with two attached hydrogens (primary N) is 1. The predicted octanol–water partition coefficient (Wildman–Crippen LogP) is 1.19. The molecule has 1 aromatic carbocycles. The smallest absolute Gasteiger partial charge is 0.235 e. The van der Waals surface area contributed by atoms with Gasteiger partial charge in [-0.2, -0.15) is 0 Å². The van der Waals surface area contributed by atoms with Crippen LogP contribution in [0, 0.1) is 0 Å².